The lowest BCUT2D eigenvalue weighted by Crippen LogP contribution is -2.47. The second kappa shape index (κ2) is 6.41. The van der Waals surface area contributed by atoms with E-state index in [4.69, 9.17) is 11.6 Å². The van der Waals surface area contributed by atoms with Crippen LogP contribution in [0.5, 0.6) is 0 Å². The van der Waals surface area contributed by atoms with Crippen molar-refractivity contribution < 1.29 is 9.59 Å². The fourth-order valence-electron chi connectivity index (χ4n) is 2.30. The van der Waals surface area contributed by atoms with Gasteiger partial charge in [0.1, 0.15) is 0 Å². The first-order chi connectivity index (χ1) is 8.34. The molecule has 0 radical (unpaired) electrons. The standard InChI is InChI=1S/C13H23ClN2O2/c1-13(2,3)10-5-8-16(9-6-10)12(18)15-11(17)4-7-14/h10H,4-9H2,1-3H3,(H,15,17,18). The quantitative estimate of drug-likeness (QED) is 0.787. The smallest absolute Gasteiger partial charge is 0.324 e. The van der Waals surface area contributed by atoms with E-state index in [9.17, 15) is 9.59 Å². The van der Waals surface area contributed by atoms with Crippen LogP contribution in [0.15, 0.2) is 0 Å². The van der Waals surface area contributed by atoms with Crippen molar-refractivity contribution in [2.45, 2.75) is 40.0 Å². The fraction of sp³-hybridized carbons (Fsp3) is 0.846. The molecular weight excluding hydrogens is 252 g/mol. The lowest BCUT2D eigenvalue weighted by Gasteiger charge is -2.38. The van der Waals surface area contributed by atoms with Gasteiger partial charge in [0.15, 0.2) is 0 Å². The number of carbonyl (C=O) groups is 2. The lowest BCUT2D eigenvalue weighted by molar-refractivity contribution is -0.119. The number of nitrogens with one attached hydrogen (secondary N) is 1. The molecule has 1 N–H and O–H groups in total. The molecule has 1 rings (SSSR count). The molecule has 1 fully saturated rings. The molecule has 1 heterocycles. The summed E-state index contributed by atoms with van der Waals surface area (Å²) in [7, 11) is 0. The Kier molecular flexibility index (Phi) is 5.45. The molecule has 0 aromatic carbocycles. The molecule has 1 aliphatic heterocycles. The van der Waals surface area contributed by atoms with Crippen LogP contribution in [0, 0.1) is 11.3 Å². The third kappa shape index (κ3) is 4.48. The maximum Gasteiger partial charge on any atom is 0.324 e. The van der Waals surface area contributed by atoms with Gasteiger partial charge in [0.25, 0.3) is 0 Å². The van der Waals surface area contributed by atoms with Crippen LogP contribution in [0.1, 0.15) is 40.0 Å². The number of hydrogen-bond donors (Lipinski definition) is 1. The number of halogens is 1. The summed E-state index contributed by atoms with van der Waals surface area (Å²) < 4.78 is 0. The van der Waals surface area contributed by atoms with E-state index < -0.39 is 0 Å². The number of urea groups is 1. The van der Waals surface area contributed by atoms with Gasteiger partial charge in [-0.05, 0) is 24.2 Å². The molecule has 18 heavy (non-hydrogen) atoms. The van der Waals surface area contributed by atoms with Gasteiger partial charge in [-0.15, -0.1) is 11.6 Å². The van der Waals surface area contributed by atoms with E-state index in [1.807, 2.05) is 0 Å². The van der Waals surface area contributed by atoms with Gasteiger partial charge in [0.2, 0.25) is 5.91 Å². The molecule has 104 valence electrons. The molecule has 1 saturated heterocycles. The van der Waals surface area contributed by atoms with Crippen LogP contribution in [-0.2, 0) is 4.79 Å². The van der Waals surface area contributed by atoms with Gasteiger partial charge < -0.3 is 4.90 Å². The molecule has 0 aromatic heterocycles. The zero-order valence-corrected chi connectivity index (χ0v) is 12.2. The number of piperidine rings is 1. The Morgan fingerprint density at radius 1 is 1.28 bits per heavy atom. The molecule has 0 aliphatic carbocycles. The Morgan fingerprint density at radius 2 is 1.83 bits per heavy atom. The van der Waals surface area contributed by atoms with Gasteiger partial charge in [-0.2, -0.15) is 0 Å². The number of alkyl halides is 1. The van der Waals surface area contributed by atoms with Crippen molar-refractivity contribution >= 4 is 23.5 Å². The van der Waals surface area contributed by atoms with Gasteiger partial charge in [0.05, 0.1) is 0 Å². The first-order valence-corrected chi connectivity index (χ1v) is 7.02. The second-order valence-corrected chi connectivity index (χ2v) is 6.30. The largest absolute Gasteiger partial charge is 0.324 e. The molecule has 0 atom stereocenters. The van der Waals surface area contributed by atoms with Crippen LogP contribution in [0.3, 0.4) is 0 Å². The predicted molar refractivity (Wildman–Crippen MR) is 72.6 cm³/mol. The summed E-state index contributed by atoms with van der Waals surface area (Å²) in [6, 6.07) is -0.280. The molecule has 0 aromatic rings. The Balaban J connectivity index is 2.39. The maximum atomic E-state index is 11.8. The average molecular weight is 275 g/mol. The van der Waals surface area contributed by atoms with Crippen LogP contribution in [0.4, 0.5) is 4.79 Å². The third-order valence-electron chi connectivity index (χ3n) is 3.57. The highest BCUT2D eigenvalue weighted by molar-refractivity contribution is 6.19. The highest BCUT2D eigenvalue weighted by Gasteiger charge is 2.30. The van der Waals surface area contributed by atoms with Crippen molar-refractivity contribution in [1.82, 2.24) is 10.2 Å². The van der Waals surface area contributed by atoms with Crippen molar-refractivity contribution in [2.75, 3.05) is 19.0 Å². The zero-order valence-electron chi connectivity index (χ0n) is 11.5. The lowest BCUT2D eigenvalue weighted by atomic mass is 9.75. The summed E-state index contributed by atoms with van der Waals surface area (Å²) in [5.41, 5.74) is 0.289. The second-order valence-electron chi connectivity index (χ2n) is 5.92. The Labute approximate surface area is 114 Å². The molecule has 4 nitrogen and oxygen atoms in total. The van der Waals surface area contributed by atoms with Crippen molar-refractivity contribution in [3.8, 4) is 0 Å². The van der Waals surface area contributed by atoms with Crippen LogP contribution in [0.2, 0.25) is 0 Å². The Bertz CT molecular complexity index is 305. The minimum absolute atomic E-state index is 0.186. The van der Waals surface area contributed by atoms with E-state index in [2.05, 4.69) is 26.1 Å². The molecule has 1 aliphatic rings. The summed E-state index contributed by atoms with van der Waals surface area (Å²) in [5.74, 6) is 0.582. The summed E-state index contributed by atoms with van der Waals surface area (Å²) >= 11 is 5.45. The summed E-state index contributed by atoms with van der Waals surface area (Å²) in [6.07, 6.45) is 2.19. The van der Waals surface area contributed by atoms with E-state index in [1.54, 1.807) is 4.90 Å². The van der Waals surface area contributed by atoms with E-state index in [0.717, 1.165) is 25.9 Å². The van der Waals surface area contributed by atoms with Crippen molar-refractivity contribution in [3.63, 3.8) is 0 Å². The monoisotopic (exact) mass is 274 g/mol. The third-order valence-corrected chi connectivity index (χ3v) is 3.76. The number of amides is 3. The van der Waals surface area contributed by atoms with Crippen LogP contribution < -0.4 is 5.32 Å². The van der Waals surface area contributed by atoms with Crippen molar-refractivity contribution in [2.24, 2.45) is 11.3 Å². The first-order valence-electron chi connectivity index (χ1n) is 6.49. The molecule has 5 heteroatoms. The SMILES string of the molecule is CC(C)(C)C1CCN(C(=O)NC(=O)CCCl)CC1. The van der Waals surface area contributed by atoms with Gasteiger partial charge >= 0.3 is 6.03 Å². The minimum Gasteiger partial charge on any atom is -0.324 e. The number of carbonyl (C=O) groups excluding carboxylic acids is 2. The topological polar surface area (TPSA) is 49.4 Å². The van der Waals surface area contributed by atoms with Gasteiger partial charge in [-0.1, -0.05) is 20.8 Å². The van der Waals surface area contributed by atoms with E-state index in [1.165, 1.54) is 0 Å². The van der Waals surface area contributed by atoms with Crippen molar-refractivity contribution in [3.05, 3.63) is 0 Å². The van der Waals surface area contributed by atoms with Crippen LogP contribution in [-0.4, -0.2) is 35.8 Å². The number of imide groups is 1. The number of hydrogen-bond acceptors (Lipinski definition) is 2. The highest BCUT2D eigenvalue weighted by Crippen LogP contribution is 2.34. The van der Waals surface area contributed by atoms with Gasteiger partial charge in [-0.3, -0.25) is 10.1 Å². The summed E-state index contributed by atoms with van der Waals surface area (Å²) in [6.45, 7) is 8.15. The summed E-state index contributed by atoms with van der Waals surface area (Å²) in [4.78, 5) is 24.8. The normalized spacial score (nSPS) is 17.7. The molecular formula is C13H23ClN2O2. The first kappa shape index (κ1) is 15.3. The molecule has 3 amide bonds. The zero-order chi connectivity index (χ0) is 13.8. The van der Waals surface area contributed by atoms with Crippen molar-refractivity contribution in [1.29, 1.82) is 0 Å². The minimum atomic E-state index is -0.298. The van der Waals surface area contributed by atoms with Crippen LogP contribution in [0.25, 0.3) is 0 Å². The van der Waals surface area contributed by atoms with Gasteiger partial charge in [-0.25, -0.2) is 4.79 Å². The maximum absolute atomic E-state index is 11.8. The van der Waals surface area contributed by atoms with Gasteiger partial charge in [0, 0.05) is 25.4 Å². The molecule has 0 bridgehead atoms. The summed E-state index contributed by atoms with van der Waals surface area (Å²) in [5, 5.41) is 2.37. The predicted octanol–water partition coefficient (Wildman–Crippen LogP) is 2.61. The fourth-order valence-corrected chi connectivity index (χ4v) is 2.47. The number of likely N-dealkylation sites (tertiary alicyclic amines) is 1. The molecule has 0 spiro atoms. The van der Waals surface area contributed by atoms with E-state index in [-0.39, 0.29) is 29.7 Å². The number of nitrogens with zero attached hydrogens (tertiary/aromatic N) is 1. The van der Waals surface area contributed by atoms with E-state index >= 15 is 0 Å². The number of rotatable bonds is 2. The van der Waals surface area contributed by atoms with Crippen LogP contribution >= 0.6 is 11.6 Å². The van der Waals surface area contributed by atoms with E-state index in [0.29, 0.717) is 5.92 Å². The Hall–Kier alpha value is -0.770. The molecule has 0 saturated carbocycles. The average Bonchev–Trinajstić information content (AvgIpc) is 2.28. The molecule has 0 unspecified atom stereocenters. The highest BCUT2D eigenvalue weighted by atomic mass is 35.5. The Morgan fingerprint density at radius 3 is 2.28 bits per heavy atom.